The fourth-order valence-electron chi connectivity index (χ4n) is 1.71. The van der Waals surface area contributed by atoms with E-state index in [2.05, 4.69) is 26.1 Å². The van der Waals surface area contributed by atoms with Gasteiger partial charge in [-0.15, -0.1) is 0 Å². The van der Waals surface area contributed by atoms with Crippen LogP contribution in [0.2, 0.25) is 0 Å². The smallest absolute Gasteiger partial charge is 0.407 e. The van der Waals surface area contributed by atoms with Crippen LogP contribution < -0.4 is 5.32 Å². The Morgan fingerprint density at radius 1 is 1.38 bits per heavy atom. The summed E-state index contributed by atoms with van der Waals surface area (Å²) in [6.07, 6.45) is 3.37. The van der Waals surface area contributed by atoms with Crippen LogP contribution in [0.15, 0.2) is 0 Å². The molecule has 0 spiro atoms. The van der Waals surface area contributed by atoms with Crippen molar-refractivity contribution in [1.82, 2.24) is 5.32 Å². The topological polar surface area (TPSA) is 38.3 Å². The van der Waals surface area contributed by atoms with E-state index in [1.807, 2.05) is 13.8 Å². The minimum absolute atomic E-state index is 0.0541. The molecule has 0 aromatic carbocycles. The first kappa shape index (κ1) is 13.3. The second-order valence-electron chi connectivity index (χ2n) is 6.20. The first-order valence-electron chi connectivity index (χ1n) is 6.26. The van der Waals surface area contributed by atoms with Gasteiger partial charge in [0, 0.05) is 6.04 Å². The fourth-order valence-corrected chi connectivity index (χ4v) is 1.71. The minimum Gasteiger partial charge on any atom is -0.447 e. The van der Waals surface area contributed by atoms with Gasteiger partial charge in [-0.3, -0.25) is 0 Å². The molecule has 1 N–H and O–H groups in total. The van der Waals surface area contributed by atoms with Crippen LogP contribution in [0.25, 0.3) is 0 Å². The van der Waals surface area contributed by atoms with Crippen LogP contribution in [-0.4, -0.2) is 18.2 Å². The van der Waals surface area contributed by atoms with Gasteiger partial charge in [-0.1, -0.05) is 33.6 Å². The van der Waals surface area contributed by atoms with E-state index in [0.29, 0.717) is 0 Å². The Kier molecular flexibility index (Phi) is 4.22. The van der Waals surface area contributed by atoms with Gasteiger partial charge in [0.25, 0.3) is 0 Å². The SMILES string of the molecule is CC(C)OC(=O)NC(CC1CC1)C(C)(C)C. The van der Waals surface area contributed by atoms with Crippen LogP contribution in [0.5, 0.6) is 0 Å². The van der Waals surface area contributed by atoms with E-state index < -0.39 is 0 Å². The highest BCUT2D eigenvalue weighted by Gasteiger charge is 2.33. The molecular weight excluding hydrogens is 202 g/mol. The maximum Gasteiger partial charge on any atom is 0.407 e. The third-order valence-corrected chi connectivity index (χ3v) is 2.95. The van der Waals surface area contributed by atoms with E-state index in [1.54, 1.807) is 0 Å². The number of carbonyl (C=O) groups is 1. The Labute approximate surface area is 98.9 Å². The summed E-state index contributed by atoms with van der Waals surface area (Å²) >= 11 is 0. The van der Waals surface area contributed by atoms with Crippen molar-refractivity contribution in [2.45, 2.75) is 66.0 Å². The molecule has 0 aliphatic heterocycles. The predicted molar refractivity (Wildman–Crippen MR) is 65.3 cm³/mol. The molecule has 1 saturated carbocycles. The van der Waals surface area contributed by atoms with Crippen molar-refractivity contribution in [3.05, 3.63) is 0 Å². The van der Waals surface area contributed by atoms with Crippen LogP contribution in [0.3, 0.4) is 0 Å². The van der Waals surface area contributed by atoms with Crippen molar-refractivity contribution in [3.8, 4) is 0 Å². The Morgan fingerprint density at radius 3 is 2.31 bits per heavy atom. The molecule has 1 aliphatic rings. The maximum absolute atomic E-state index is 11.6. The fraction of sp³-hybridized carbons (Fsp3) is 0.923. The van der Waals surface area contributed by atoms with E-state index in [1.165, 1.54) is 12.8 Å². The Morgan fingerprint density at radius 2 is 1.94 bits per heavy atom. The number of amides is 1. The molecule has 94 valence electrons. The monoisotopic (exact) mass is 227 g/mol. The standard InChI is InChI=1S/C13H25NO2/c1-9(2)16-12(15)14-11(13(3,4)5)8-10-6-7-10/h9-11H,6-8H2,1-5H3,(H,14,15). The summed E-state index contributed by atoms with van der Waals surface area (Å²) in [5.74, 6) is 0.809. The number of rotatable bonds is 4. The van der Waals surface area contributed by atoms with Gasteiger partial charge in [0.2, 0.25) is 0 Å². The first-order chi connectivity index (χ1) is 7.29. The molecule has 0 aromatic rings. The lowest BCUT2D eigenvalue weighted by atomic mass is 9.83. The molecule has 1 atom stereocenters. The number of hydrogen-bond donors (Lipinski definition) is 1. The number of alkyl carbamates (subject to hydrolysis) is 1. The molecule has 1 unspecified atom stereocenters. The summed E-state index contributed by atoms with van der Waals surface area (Å²) in [6, 6.07) is 0.214. The summed E-state index contributed by atoms with van der Waals surface area (Å²) in [4.78, 5) is 11.6. The van der Waals surface area contributed by atoms with Crippen LogP contribution >= 0.6 is 0 Å². The molecule has 0 radical (unpaired) electrons. The third-order valence-electron chi connectivity index (χ3n) is 2.95. The van der Waals surface area contributed by atoms with E-state index in [-0.39, 0.29) is 23.7 Å². The van der Waals surface area contributed by atoms with Crippen molar-refractivity contribution in [3.63, 3.8) is 0 Å². The van der Waals surface area contributed by atoms with Gasteiger partial charge < -0.3 is 10.1 Å². The highest BCUT2D eigenvalue weighted by Crippen LogP contribution is 2.37. The molecule has 1 aliphatic carbocycles. The molecule has 3 heteroatoms. The molecule has 0 saturated heterocycles. The second kappa shape index (κ2) is 5.07. The van der Waals surface area contributed by atoms with Gasteiger partial charge in [0.1, 0.15) is 0 Å². The van der Waals surface area contributed by atoms with Crippen LogP contribution in [-0.2, 0) is 4.74 Å². The maximum atomic E-state index is 11.6. The van der Waals surface area contributed by atoms with Gasteiger partial charge in [0.15, 0.2) is 0 Å². The minimum atomic E-state index is -0.282. The van der Waals surface area contributed by atoms with Crippen molar-refractivity contribution >= 4 is 6.09 Å². The van der Waals surface area contributed by atoms with Gasteiger partial charge >= 0.3 is 6.09 Å². The first-order valence-corrected chi connectivity index (χ1v) is 6.26. The van der Waals surface area contributed by atoms with E-state index in [4.69, 9.17) is 4.74 Å². The average molecular weight is 227 g/mol. The molecule has 3 nitrogen and oxygen atoms in total. The van der Waals surface area contributed by atoms with Gasteiger partial charge in [-0.2, -0.15) is 0 Å². The van der Waals surface area contributed by atoms with Crippen LogP contribution in [0.1, 0.15) is 53.9 Å². The Balaban J connectivity index is 2.45. The summed E-state index contributed by atoms with van der Waals surface area (Å²) in [5.41, 5.74) is 0.0958. The molecule has 0 bridgehead atoms. The van der Waals surface area contributed by atoms with Gasteiger partial charge in [-0.05, 0) is 31.6 Å². The lowest BCUT2D eigenvalue weighted by molar-refractivity contribution is 0.103. The highest BCUT2D eigenvalue weighted by atomic mass is 16.6. The molecular formula is C13H25NO2. The number of ether oxygens (including phenoxy) is 1. The lowest BCUT2D eigenvalue weighted by Crippen LogP contribution is -2.44. The molecule has 0 aromatic heterocycles. The molecule has 1 fully saturated rings. The second-order valence-corrected chi connectivity index (χ2v) is 6.20. The van der Waals surface area contributed by atoms with Crippen molar-refractivity contribution < 1.29 is 9.53 Å². The van der Waals surface area contributed by atoms with Gasteiger partial charge in [-0.25, -0.2) is 4.79 Å². The molecule has 16 heavy (non-hydrogen) atoms. The zero-order valence-electron chi connectivity index (χ0n) is 11.2. The average Bonchev–Trinajstić information content (AvgIpc) is 2.83. The zero-order chi connectivity index (χ0) is 12.3. The molecule has 1 rings (SSSR count). The van der Waals surface area contributed by atoms with Crippen molar-refractivity contribution in [1.29, 1.82) is 0 Å². The quantitative estimate of drug-likeness (QED) is 0.800. The highest BCUT2D eigenvalue weighted by molar-refractivity contribution is 5.67. The van der Waals surface area contributed by atoms with E-state index in [9.17, 15) is 4.79 Å². The predicted octanol–water partition coefficient (Wildman–Crippen LogP) is 3.34. The zero-order valence-corrected chi connectivity index (χ0v) is 11.2. The van der Waals surface area contributed by atoms with Crippen molar-refractivity contribution in [2.24, 2.45) is 11.3 Å². The number of carbonyl (C=O) groups excluding carboxylic acids is 1. The molecule has 0 heterocycles. The summed E-state index contributed by atoms with van der Waals surface area (Å²) < 4.78 is 5.13. The number of nitrogens with one attached hydrogen (secondary N) is 1. The van der Waals surface area contributed by atoms with Gasteiger partial charge in [0.05, 0.1) is 6.10 Å². The summed E-state index contributed by atoms with van der Waals surface area (Å²) in [5, 5.41) is 3.00. The van der Waals surface area contributed by atoms with E-state index in [0.717, 1.165) is 12.3 Å². The van der Waals surface area contributed by atoms with E-state index >= 15 is 0 Å². The Bertz CT molecular complexity index is 239. The summed E-state index contributed by atoms with van der Waals surface area (Å²) in [7, 11) is 0. The van der Waals surface area contributed by atoms with Crippen LogP contribution in [0.4, 0.5) is 4.79 Å². The normalized spacial score (nSPS) is 18.4. The largest absolute Gasteiger partial charge is 0.447 e. The van der Waals surface area contributed by atoms with Crippen molar-refractivity contribution in [2.75, 3.05) is 0 Å². The van der Waals surface area contributed by atoms with Crippen LogP contribution in [0, 0.1) is 11.3 Å². The lowest BCUT2D eigenvalue weighted by Gasteiger charge is -2.31. The molecule has 1 amide bonds. The summed E-state index contributed by atoms with van der Waals surface area (Å²) in [6.45, 7) is 10.2. The Hall–Kier alpha value is -0.730. The third kappa shape index (κ3) is 4.86. The number of hydrogen-bond acceptors (Lipinski definition) is 2.